The van der Waals surface area contributed by atoms with E-state index in [0.717, 1.165) is 17.7 Å². The first-order valence-corrected chi connectivity index (χ1v) is 11.6. The van der Waals surface area contributed by atoms with E-state index in [-0.39, 0.29) is 17.6 Å². The number of aromatic nitrogens is 3. The normalized spacial score (nSPS) is 23.3. The first-order valence-electron chi connectivity index (χ1n) is 11.6. The summed E-state index contributed by atoms with van der Waals surface area (Å²) < 4.78 is 16.5. The Morgan fingerprint density at radius 1 is 1.18 bits per heavy atom. The summed E-state index contributed by atoms with van der Waals surface area (Å²) in [5.74, 6) is -0.0443. The molecule has 0 saturated carbocycles. The van der Waals surface area contributed by atoms with Crippen LogP contribution in [0.25, 0.3) is 0 Å². The maximum atomic E-state index is 14.4. The number of rotatable bonds is 6. The number of nitrogens with zero attached hydrogens (tertiary/aromatic N) is 5. The van der Waals surface area contributed by atoms with Crippen molar-refractivity contribution in [3.05, 3.63) is 84.0 Å². The third-order valence-corrected chi connectivity index (χ3v) is 7.18. The summed E-state index contributed by atoms with van der Waals surface area (Å²) in [4.78, 5) is 27.0. The van der Waals surface area contributed by atoms with Gasteiger partial charge in [0.2, 0.25) is 5.91 Å². The molecule has 172 valence electrons. The van der Waals surface area contributed by atoms with Crippen LogP contribution in [0.1, 0.15) is 49.0 Å². The van der Waals surface area contributed by atoms with E-state index in [1.54, 1.807) is 12.3 Å². The maximum Gasteiger partial charge on any atom is 0.231 e. The van der Waals surface area contributed by atoms with Gasteiger partial charge in [-0.1, -0.05) is 24.3 Å². The molecule has 0 unspecified atom stereocenters. The van der Waals surface area contributed by atoms with Crippen molar-refractivity contribution in [3.63, 3.8) is 0 Å². The van der Waals surface area contributed by atoms with E-state index in [1.165, 1.54) is 6.07 Å². The standard InChI is InChI=1S/C26H30FN5O/c1-19(2)32-16-24(29-18-32)22-15-30(14-21-7-3-4-8-23(21)27)17-26(22)9-11-31(25(26)33)13-20-6-5-10-28-12-20/h3-8,10,12,16,18-19,22H,9,11,13-15,17H2,1-2H3/t22-,26+/m0/s1. The molecule has 1 spiro atoms. The Morgan fingerprint density at radius 3 is 2.76 bits per heavy atom. The molecule has 1 aromatic carbocycles. The number of carbonyl (C=O) groups excluding carboxylic acids is 1. The van der Waals surface area contributed by atoms with E-state index in [4.69, 9.17) is 4.98 Å². The molecular weight excluding hydrogens is 417 g/mol. The molecule has 0 N–H and O–H groups in total. The predicted molar refractivity (Wildman–Crippen MR) is 124 cm³/mol. The zero-order chi connectivity index (χ0) is 23.0. The monoisotopic (exact) mass is 447 g/mol. The topological polar surface area (TPSA) is 54.3 Å². The molecule has 0 bridgehead atoms. The van der Waals surface area contributed by atoms with Crippen LogP contribution in [0.4, 0.5) is 4.39 Å². The van der Waals surface area contributed by atoms with Gasteiger partial charge in [0.15, 0.2) is 0 Å². The summed E-state index contributed by atoms with van der Waals surface area (Å²) in [7, 11) is 0. The van der Waals surface area contributed by atoms with Crippen LogP contribution in [0.5, 0.6) is 0 Å². The minimum absolute atomic E-state index is 0.0179. The van der Waals surface area contributed by atoms with Crippen molar-refractivity contribution in [1.82, 2.24) is 24.3 Å². The van der Waals surface area contributed by atoms with Gasteiger partial charge in [-0.05, 0) is 38.0 Å². The smallest absolute Gasteiger partial charge is 0.231 e. The van der Waals surface area contributed by atoms with E-state index < -0.39 is 5.41 Å². The number of imidazole rings is 1. The summed E-state index contributed by atoms with van der Waals surface area (Å²) in [6.07, 6.45) is 8.29. The summed E-state index contributed by atoms with van der Waals surface area (Å²) >= 11 is 0. The Morgan fingerprint density at radius 2 is 2.03 bits per heavy atom. The summed E-state index contributed by atoms with van der Waals surface area (Å²) in [5.41, 5.74) is 2.11. The van der Waals surface area contributed by atoms with E-state index in [0.29, 0.717) is 44.3 Å². The molecule has 2 atom stereocenters. The fourth-order valence-electron chi connectivity index (χ4n) is 5.38. The molecule has 0 aliphatic carbocycles. The highest BCUT2D eigenvalue weighted by atomic mass is 19.1. The predicted octanol–water partition coefficient (Wildman–Crippen LogP) is 4.02. The molecule has 7 heteroatoms. The van der Waals surface area contributed by atoms with Gasteiger partial charge in [0.25, 0.3) is 0 Å². The molecule has 5 rings (SSSR count). The Balaban J connectivity index is 1.44. The fraction of sp³-hybridized carbons (Fsp3) is 0.423. The zero-order valence-corrected chi connectivity index (χ0v) is 19.2. The average Bonchev–Trinajstić information content (AvgIpc) is 3.51. The van der Waals surface area contributed by atoms with Crippen LogP contribution in [-0.2, 0) is 17.9 Å². The van der Waals surface area contributed by atoms with Crippen LogP contribution in [0, 0.1) is 11.2 Å². The van der Waals surface area contributed by atoms with E-state index in [1.807, 2.05) is 41.7 Å². The van der Waals surface area contributed by atoms with Crippen molar-refractivity contribution in [2.24, 2.45) is 5.41 Å². The Kier molecular flexibility index (Phi) is 5.74. The quantitative estimate of drug-likeness (QED) is 0.573. The lowest BCUT2D eigenvalue weighted by Crippen LogP contribution is -2.39. The maximum absolute atomic E-state index is 14.4. The molecule has 33 heavy (non-hydrogen) atoms. The third kappa shape index (κ3) is 4.06. The number of likely N-dealkylation sites (tertiary alicyclic amines) is 2. The number of hydrogen-bond acceptors (Lipinski definition) is 4. The van der Waals surface area contributed by atoms with Gasteiger partial charge in [-0.25, -0.2) is 9.37 Å². The third-order valence-electron chi connectivity index (χ3n) is 7.18. The lowest BCUT2D eigenvalue weighted by Gasteiger charge is -2.28. The van der Waals surface area contributed by atoms with Crippen LogP contribution < -0.4 is 0 Å². The van der Waals surface area contributed by atoms with Crippen LogP contribution in [0.15, 0.2) is 61.3 Å². The van der Waals surface area contributed by atoms with Gasteiger partial charge in [-0.2, -0.15) is 0 Å². The minimum Gasteiger partial charge on any atom is -0.338 e. The molecular formula is C26H30FN5O. The Hall–Kier alpha value is -3.06. The van der Waals surface area contributed by atoms with Crippen molar-refractivity contribution < 1.29 is 9.18 Å². The van der Waals surface area contributed by atoms with E-state index >= 15 is 0 Å². The second kappa shape index (κ2) is 8.71. The Bertz CT molecular complexity index is 1130. The largest absolute Gasteiger partial charge is 0.338 e. The molecule has 1 amide bonds. The molecule has 2 saturated heterocycles. The molecule has 3 aromatic rings. The highest BCUT2D eigenvalue weighted by Gasteiger charge is 2.57. The second-order valence-electron chi connectivity index (χ2n) is 9.65. The number of benzene rings is 1. The molecule has 2 aliphatic rings. The highest BCUT2D eigenvalue weighted by Crippen LogP contribution is 2.50. The second-order valence-corrected chi connectivity index (χ2v) is 9.65. The molecule has 2 aromatic heterocycles. The van der Waals surface area contributed by atoms with Crippen LogP contribution in [0.3, 0.4) is 0 Å². The molecule has 0 radical (unpaired) electrons. The van der Waals surface area contributed by atoms with Gasteiger partial charge in [0.1, 0.15) is 5.82 Å². The molecule has 2 aliphatic heterocycles. The zero-order valence-electron chi connectivity index (χ0n) is 19.2. The average molecular weight is 448 g/mol. The summed E-state index contributed by atoms with van der Waals surface area (Å²) in [5, 5.41) is 0. The van der Waals surface area contributed by atoms with Gasteiger partial charge in [-0.3, -0.25) is 14.7 Å². The molecule has 2 fully saturated rings. The van der Waals surface area contributed by atoms with Gasteiger partial charge in [0, 0.05) is 68.8 Å². The number of halogens is 1. The Labute approximate surface area is 194 Å². The number of hydrogen-bond donors (Lipinski definition) is 0. The van der Waals surface area contributed by atoms with E-state index in [9.17, 15) is 9.18 Å². The SMILES string of the molecule is CC(C)n1cnc([C@@H]2CN(Cc3ccccc3F)C[C@]23CCN(Cc2cccnc2)C3=O)c1. The van der Waals surface area contributed by atoms with E-state index in [2.05, 4.69) is 34.5 Å². The van der Waals surface area contributed by atoms with Gasteiger partial charge in [-0.15, -0.1) is 0 Å². The number of pyridine rings is 1. The highest BCUT2D eigenvalue weighted by molar-refractivity contribution is 5.86. The van der Waals surface area contributed by atoms with Crippen molar-refractivity contribution in [2.45, 2.75) is 45.3 Å². The summed E-state index contributed by atoms with van der Waals surface area (Å²) in [6, 6.07) is 11.1. The first kappa shape index (κ1) is 21.8. The van der Waals surface area contributed by atoms with Crippen molar-refractivity contribution in [1.29, 1.82) is 0 Å². The lowest BCUT2D eigenvalue weighted by atomic mass is 9.75. The van der Waals surface area contributed by atoms with Crippen molar-refractivity contribution in [2.75, 3.05) is 19.6 Å². The van der Waals surface area contributed by atoms with Crippen LogP contribution >= 0.6 is 0 Å². The lowest BCUT2D eigenvalue weighted by molar-refractivity contribution is -0.136. The van der Waals surface area contributed by atoms with Crippen molar-refractivity contribution in [3.8, 4) is 0 Å². The van der Waals surface area contributed by atoms with Crippen LogP contribution in [0.2, 0.25) is 0 Å². The first-order chi connectivity index (χ1) is 16.0. The van der Waals surface area contributed by atoms with Crippen LogP contribution in [-0.4, -0.2) is 49.9 Å². The molecule has 6 nitrogen and oxygen atoms in total. The molecule has 4 heterocycles. The number of carbonyl (C=O) groups is 1. The van der Waals surface area contributed by atoms with Gasteiger partial charge in [0.05, 0.1) is 17.4 Å². The summed E-state index contributed by atoms with van der Waals surface area (Å²) in [6.45, 7) is 7.31. The van der Waals surface area contributed by atoms with Gasteiger partial charge >= 0.3 is 0 Å². The minimum atomic E-state index is -0.538. The fourth-order valence-corrected chi connectivity index (χ4v) is 5.38. The van der Waals surface area contributed by atoms with Crippen molar-refractivity contribution >= 4 is 5.91 Å². The van der Waals surface area contributed by atoms with Gasteiger partial charge < -0.3 is 9.47 Å². The number of amides is 1.